The second-order valence-corrected chi connectivity index (χ2v) is 3.43. The van der Waals surface area contributed by atoms with Crippen LogP contribution in [-0.2, 0) is 13.1 Å². The van der Waals surface area contributed by atoms with Crippen molar-refractivity contribution in [3.05, 3.63) is 18.5 Å². The van der Waals surface area contributed by atoms with E-state index in [1.165, 1.54) is 0 Å². The fourth-order valence-electron chi connectivity index (χ4n) is 1.03. The van der Waals surface area contributed by atoms with Gasteiger partial charge in [0.05, 0.1) is 6.54 Å². The van der Waals surface area contributed by atoms with E-state index < -0.39 is 0 Å². The van der Waals surface area contributed by atoms with Crippen molar-refractivity contribution in [2.75, 3.05) is 5.75 Å². The van der Waals surface area contributed by atoms with Crippen LogP contribution in [0.3, 0.4) is 0 Å². The zero-order chi connectivity index (χ0) is 9.68. The molecule has 0 aliphatic carbocycles. The van der Waals surface area contributed by atoms with Crippen LogP contribution in [0, 0.1) is 0 Å². The first-order valence-electron chi connectivity index (χ1n) is 4.19. The number of thioether (sulfide) groups is 1. The van der Waals surface area contributed by atoms with Gasteiger partial charge in [0, 0.05) is 12.3 Å². The molecule has 1 heterocycles. The maximum Gasteiger partial charge on any atom is 0.191 e. The minimum atomic E-state index is 0.440. The van der Waals surface area contributed by atoms with E-state index in [-0.39, 0.29) is 0 Å². The van der Waals surface area contributed by atoms with E-state index >= 15 is 0 Å². The Hall–Kier alpha value is -0.810. The average Bonchev–Trinajstić information content (AvgIpc) is 2.56. The molecule has 0 aromatic carbocycles. The summed E-state index contributed by atoms with van der Waals surface area (Å²) in [4.78, 5) is 0. The zero-order valence-electron chi connectivity index (χ0n) is 7.73. The van der Waals surface area contributed by atoms with Gasteiger partial charge in [-0.25, -0.2) is 0 Å². The summed E-state index contributed by atoms with van der Waals surface area (Å²) in [6.45, 7) is 7.01. The lowest BCUT2D eigenvalue weighted by Gasteiger charge is -2.03. The van der Waals surface area contributed by atoms with Crippen molar-refractivity contribution in [2.24, 2.45) is 5.73 Å². The Labute approximate surface area is 82.2 Å². The van der Waals surface area contributed by atoms with Gasteiger partial charge in [0.25, 0.3) is 0 Å². The Balaban J connectivity index is 2.80. The summed E-state index contributed by atoms with van der Waals surface area (Å²) in [5.41, 5.74) is 5.52. The van der Waals surface area contributed by atoms with Crippen molar-refractivity contribution in [2.45, 2.75) is 25.2 Å². The standard InChI is InChI=1S/C8H14N4S/c1-3-5-13-8-11-10-7(6-9)12(8)4-2/h3H,1,4-6,9H2,2H3. The largest absolute Gasteiger partial charge is 0.324 e. The highest BCUT2D eigenvalue weighted by Gasteiger charge is 2.08. The maximum atomic E-state index is 5.52. The van der Waals surface area contributed by atoms with E-state index in [9.17, 15) is 0 Å². The third-order valence-corrected chi connectivity index (χ3v) is 2.59. The van der Waals surface area contributed by atoms with E-state index in [2.05, 4.69) is 23.7 Å². The van der Waals surface area contributed by atoms with Gasteiger partial charge >= 0.3 is 0 Å². The first kappa shape index (κ1) is 10.3. The molecule has 0 spiro atoms. The molecule has 1 aromatic heterocycles. The smallest absolute Gasteiger partial charge is 0.191 e. The molecule has 0 unspecified atom stereocenters. The Kier molecular flexibility index (Phi) is 3.98. The van der Waals surface area contributed by atoms with E-state index in [1.807, 2.05) is 10.6 Å². The van der Waals surface area contributed by atoms with Crippen molar-refractivity contribution in [1.82, 2.24) is 14.8 Å². The lowest BCUT2D eigenvalue weighted by atomic mass is 10.6. The predicted octanol–water partition coefficient (Wildman–Crippen LogP) is 1.03. The molecule has 5 heteroatoms. The number of rotatable bonds is 5. The van der Waals surface area contributed by atoms with Crippen LogP contribution in [0.25, 0.3) is 0 Å². The topological polar surface area (TPSA) is 56.7 Å². The SMILES string of the molecule is C=CCSc1nnc(CN)n1CC. The molecule has 13 heavy (non-hydrogen) atoms. The molecule has 0 atom stereocenters. The molecule has 72 valence electrons. The van der Waals surface area contributed by atoms with Gasteiger partial charge in [0.2, 0.25) is 0 Å². The fraction of sp³-hybridized carbons (Fsp3) is 0.500. The van der Waals surface area contributed by atoms with Crippen LogP contribution in [-0.4, -0.2) is 20.5 Å². The minimum Gasteiger partial charge on any atom is -0.324 e. The second kappa shape index (κ2) is 5.04. The van der Waals surface area contributed by atoms with Gasteiger partial charge in [0.1, 0.15) is 5.82 Å². The lowest BCUT2D eigenvalue weighted by molar-refractivity contribution is 0.643. The first-order valence-corrected chi connectivity index (χ1v) is 5.17. The fourth-order valence-corrected chi connectivity index (χ4v) is 1.78. The van der Waals surface area contributed by atoms with E-state index in [1.54, 1.807) is 11.8 Å². The van der Waals surface area contributed by atoms with Gasteiger partial charge in [-0.05, 0) is 6.92 Å². The molecule has 1 aromatic rings. The number of hydrogen-bond acceptors (Lipinski definition) is 4. The number of hydrogen-bond donors (Lipinski definition) is 1. The van der Waals surface area contributed by atoms with Crippen molar-refractivity contribution in [1.29, 1.82) is 0 Å². The molecule has 2 N–H and O–H groups in total. The second-order valence-electron chi connectivity index (χ2n) is 2.45. The highest BCUT2D eigenvalue weighted by molar-refractivity contribution is 7.99. The molecule has 0 aliphatic rings. The van der Waals surface area contributed by atoms with Gasteiger partial charge < -0.3 is 10.3 Å². The Morgan fingerprint density at radius 1 is 1.62 bits per heavy atom. The molecule has 0 bridgehead atoms. The Morgan fingerprint density at radius 3 is 2.92 bits per heavy atom. The molecular weight excluding hydrogens is 184 g/mol. The molecule has 1 rings (SSSR count). The molecular formula is C8H14N4S. The molecule has 0 radical (unpaired) electrons. The summed E-state index contributed by atoms with van der Waals surface area (Å²) in [5, 5.41) is 8.95. The monoisotopic (exact) mass is 198 g/mol. The van der Waals surface area contributed by atoms with Crippen LogP contribution < -0.4 is 5.73 Å². The van der Waals surface area contributed by atoms with Gasteiger partial charge in [0.15, 0.2) is 5.16 Å². The predicted molar refractivity (Wildman–Crippen MR) is 54.5 cm³/mol. The van der Waals surface area contributed by atoms with Crippen LogP contribution in [0.4, 0.5) is 0 Å². The van der Waals surface area contributed by atoms with Gasteiger partial charge in [-0.15, -0.1) is 16.8 Å². The third-order valence-electron chi connectivity index (χ3n) is 1.62. The van der Waals surface area contributed by atoms with Crippen LogP contribution in [0.5, 0.6) is 0 Å². The summed E-state index contributed by atoms with van der Waals surface area (Å²) in [7, 11) is 0. The van der Waals surface area contributed by atoms with E-state index in [4.69, 9.17) is 5.73 Å². The molecule has 0 aliphatic heterocycles. The molecule has 0 saturated carbocycles. The van der Waals surface area contributed by atoms with Crippen LogP contribution in [0.1, 0.15) is 12.7 Å². The Morgan fingerprint density at radius 2 is 2.38 bits per heavy atom. The summed E-state index contributed by atoms with van der Waals surface area (Å²) in [6.07, 6.45) is 1.85. The van der Waals surface area contributed by atoms with Crippen LogP contribution in [0.2, 0.25) is 0 Å². The number of nitrogens with two attached hydrogens (primary N) is 1. The average molecular weight is 198 g/mol. The quantitative estimate of drug-likeness (QED) is 0.567. The number of nitrogens with zero attached hydrogens (tertiary/aromatic N) is 3. The van der Waals surface area contributed by atoms with E-state index in [0.29, 0.717) is 6.54 Å². The molecule has 4 nitrogen and oxygen atoms in total. The van der Waals surface area contributed by atoms with Crippen molar-refractivity contribution < 1.29 is 0 Å². The van der Waals surface area contributed by atoms with Crippen molar-refractivity contribution >= 4 is 11.8 Å². The van der Waals surface area contributed by atoms with E-state index in [0.717, 1.165) is 23.3 Å². The van der Waals surface area contributed by atoms with Crippen LogP contribution >= 0.6 is 11.8 Å². The molecule has 0 amide bonds. The summed E-state index contributed by atoms with van der Waals surface area (Å²) < 4.78 is 2.02. The molecule has 0 fully saturated rings. The Bertz CT molecular complexity index is 282. The normalized spacial score (nSPS) is 10.3. The third kappa shape index (κ3) is 2.32. The molecule has 0 saturated heterocycles. The zero-order valence-corrected chi connectivity index (χ0v) is 8.55. The van der Waals surface area contributed by atoms with Gasteiger partial charge in [-0.1, -0.05) is 17.8 Å². The van der Waals surface area contributed by atoms with Gasteiger partial charge in [-0.3, -0.25) is 0 Å². The lowest BCUT2D eigenvalue weighted by Crippen LogP contribution is -2.07. The van der Waals surface area contributed by atoms with Crippen molar-refractivity contribution in [3.63, 3.8) is 0 Å². The summed E-state index contributed by atoms with van der Waals surface area (Å²) >= 11 is 1.62. The summed E-state index contributed by atoms with van der Waals surface area (Å²) in [5.74, 6) is 1.69. The van der Waals surface area contributed by atoms with Gasteiger partial charge in [-0.2, -0.15) is 0 Å². The maximum absolute atomic E-state index is 5.52. The minimum absolute atomic E-state index is 0.440. The first-order chi connectivity index (χ1) is 6.33. The number of aromatic nitrogens is 3. The summed E-state index contributed by atoms with van der Waals surface area (Å²) in [6, 6.07) is 0. The van der Waals surface area contributed by atoms with Crippen molar-refractivity contribution in [3.8, 4) is 0 Å². The van der Waals surface area contributed by atoms with Crippen LogP contribution in [0.15, 0.2) is 17.8 Å². The highest BCUT2D eigenvalue weighted by Crippen LogP contribution is 2.16. The highest BCUT2D eigenvalue weighted by atomic mass is 32.2.